The molecule has 0 spiro atoms. The molecule has 0 heterocycles. The quantitative estimate of drug-likeness (QED) is 0.826. The van der Waals surface area contributed by atoms with E-state index in [0.29, 0.717) is 18.8 Å². The molecule has 0 saturated heterocycles. The van der Waals surface area contributed by atoms with E-state index in [0.717, 1.165) is 18.5 Å². The lowest BCUT2D eigenvalue weighted by molar-refractivity contribution is -0.130. The number of hydrogen-bond acceptors (Lipinski definition) is 4. The summed E-state index contributed by atoms with van der Waals surface area (Å²) < 4.78 is 5.02. The first-order valence-corrected chi connectivity index (χ1v) is 6.76. The zero-order valence-electron chi connectivity index (χ0n) is 12.7. The summed E-state index contributed by atoms with van der Waals surface area (Å²) in [7, 11) is 5.03. The normalized spacial score (nSPS) is 10.7. The van der Waals surface area contributed by atoms with Gasteiger partial charge in [0.2, 0.25) is 5.91 Å². The maximum Gasteiger partial charge on any atom is 0.236 e. The van der Waals surface area contributed by atoms with Crippen molar-refractivity contribution < 1.29 is 14.6 Å². The Morgan fingerprint density at radius 1 is 1.35 bits per heavy atom. The predicted molar refractivity (Wildman–Crippen MR) is 78.9 cm³/mol. The van der Waals surface area contributed by atoms with Crippen molar-refractivity contribution in [1.29, 1.82) is 0 Å². The van der Waals surface area contributed by atoms with Gasteiger partial charge in [-0.1, -0.05) is 13.0 Å². The van der Waals surface area contributed by atoms with Crippen LogP contribution >= 0.6 is 0 Å². The van der Waals surface area contributed by atoms with Crippen molar-refractivity contribution >= 4 is 5.91 Å². The van der Waals surface area contributed by atoms with Gasteiger partial charge >= 0.3 is 0 Å². The minimum absolute atomic E-state index is 0.0798. The summed E-state index contributed by atoms with van der Waals surface area (Å²) in [4.78, 5) is 15.5. The third kappa shape index (κ3) is 4.74. The van der Waals surface area contributed by atoms with Gasteiger partial charge in [0.1, 0.15) is 0 Å². The average molecular weight is 280 g/mol. The van der Waals surface area contributed by atoms with Gasteiger partial charge in [0, 0.05) is 20.6 Å². The van der Waals surface area contributed by atoms with Crippen LogP contribution in [0.1, 0.15) is 18.9 Å². The highest BCUT2D eigenvalue weighted by Gasteiger charge is 2.13. The number of nitrogens with zero attached hydrogens (tertiary/aromatic N) is 2. The Hall–Kier alpha value is -1.75. The van der Waals surface area contributed by atoms with Crippen molar-refractivity contribution in [2.75, 3.05) is 34.3 Å². The molecule has 1 amide bonds. The Balaban J connectivity index is 2.74. The highest BCUT2D eigenvalue weighted by Crippen LogP contribution is 2.26. The van der Waals surface area contributed by atoms with Crippen LogP contribution in [0.5, 0.6) is 11.5 Å². The largest absolute Gasteiger partial charge is 0.504 e. The molecular formula is C15H24N2O3. The molecule has 1 N–H and O–H groups in total. The van der Waals surface area contributed by atoms with Crippen LogP contribution in [0.2, 0.25) is 0 Å². The van der Waals surface area contributed by atoms with Crippen LogP contribution in [0.25, 0.3) is 0 Å². The molecule has 0 saturated carbocycles. The van der Waals surface area contributed by atoms with Crippen molar-refractivity contribution in [2.24, 2.45) is 0 Å². The molecule has 0 aliphatic carbocycles. The fourth-order valence-electron chi connectivity index (χ4n) is 1.96. The summed E-state index contributed by atoms with van der Waals surface area (Å²) in [5, 5.41) is 9.79. The Labute approximate surface area is 120 Å². The zero-order chi connectivity index (χ0) is 15.1. The van der Waals surface area contributed by atoms with Crippen molar-refractivity contribution in [3.05, 3.63) is 23.8 Å². The van der Waals surface area contributed by atoms with Crippen LogP contribution < -0.4 is 4.74 Å². The van der Waals surface area contributed by atoms with E-state index in [-0.39, 0.29) is 11.7 Å². The minimum atomic E-state index is 0.0798. The SMILES string of the molecule is CCCN(CC(=O)N(C)C)Cc1ccc(OC)c(O)c1. The van der Waals surface area contributed by atoms with E-state index < -0.39 is 0 Å². The maximum atomic E-state index is 11.8. The molecule has 1 rings (SSSR count). The van der Waals surface area contributed by atoms with Gasteiger partial charge in [-0.25, -0.2) is 0 Å². The minimum Gasteiger partial charge on any atom is -0.504 e. The predicted octanol–water partition coefficient (Wildman–Crippen LogP) is 1.70. The maximum absolute atomic E-state index is 11.8. The number of benzene rings is 1. The lowest BCUT2D eigenvalue weighted by atomic mass is 10.2. The highest BCUT2D eigenvalue weighted by molar-refractivity contribution is 5.77. The van der Waals surface area contributed by atoms with E-state index >= 15 is 0 Å². The summed E-state index contributed by atoms with van der Waals surface area (Å²) >= 11 is 0. The summed E-state index contributed by atoms with van der Waals surface area (Å²) in [5.74, 6) is 0.664. The molecule has 20 heavy (non-hydrogen) atoms. The van der Waals surface area contributed by atoms with Crippen LogP contribution in [0, 0.1) is 0 Å². The van der Waals surface area contributed by atoms with Gasteiger partial charge in [0.05, 0.1) is 13.7 Å². The van der Waals surface area contributed by atoms with E-state index in [9.17, 15) is 9.90 Å². The Morgan fingerprint density at radius 3 is 2.55 bits per heavy atom. The highest BCUT2D eigenvalue weighted by atomic mass is 16.5. The number of rotatable bonds is 7. The Morgan fingerprint density at radius 2 is 2.05 bits per heavy atom. The van der Waals surface area contributed by atoms with Gasteiger partial charge < -0.3 is 14.7 Å². The van der Waals surface area contributed by atoms with Crippen LogP contribution in [-0.4, -0.2) is 55.1 Å². The number of phenols is 1. The van der Waals surface area contributed by atoms with E-state index in [1.807, 2.05) is 6.07 Å². The first-order valence-electron chi connectivity index (χ1n) is 6.76. The summed E-state index contributed by atoms with van der Waals surface area (Å²) in [5.41, 5.74) is 0.961. The second-order valence-corrected chi connectivity index (χ2v) is 5.01. The number of carbonyl (C=O) groups is 1. The molecule has 0 unspecified atom stereocenters. The van der Waals surface area contributed by atoms with Gasteiger partial charge in [-0.05, 0) is 30.7 Å². The molecule has 5 nitrogen and oxygen atoms in total. The van der Waals surface area contributed by atoms with Crippen molar-refractivity contribution in [3.63, 3.8) is 0 Å². The van der Waals surface area contributed by atoms with Crippen LogP contribution in [0.15, 0.2) is 18.2 Å². The molecule has 0 radical (unpaired) electrons. The lowest BCUT2D eigenvalue weighted by Gasteiger charge is -2.23. The van der Waals surface area contributed by atoms with Gasteiger partial charge in [-0.15, -0.1) is 0 Å². The molecule has 0 atom stereocenters. The zero-order valence-corrected chi connectivity index (χ0v) is 12.7. The fraction of sp³-hybridized carbons (Fsp3) is 0.533. The number of amides is 1. The number of likely N-dealkylation sites (N-methyl/N-ethyl adjacent to an activating group) is 1. The summed E-state index contributed by atoms with van der Waals surface area (Å²) in [6, 6.07) is 5.32. The van der Waals surface area contributed by atoms with Gasteiger partial charge in [-0.2, -0.15) is 0 Å². The fourth-order valence-corrected chi connectivity index (χ4v) is 1.96. The van der Waals surface area contributed by atoms with Crippen molar-refractivity contribution in [1.82, 2.24) is 9.80 Å². The molecule has 0 aliphatic heterocycles. The number of carbonyl (C=O) groups excluding carboxylic acids is 1. The number of phenolic OH excluding ortho intramolecular Hbond substituents is 1. The smallest absolute Gasteiger partial charge is 0.236 e. The number of ether oxygens (including phenoxy) is 1. The Bertz CT molecular complexity index is 447. The number of methoxy groups -OCH3 is 1. The topological polar surface area (TPSA) is 53.0 Å². The molecular weight excluding hydrogens is 256 g/mol. The second-order valence-electron chi connectivity index (χ2n) is 5.01. The first-order chi connectivity index (χ1) is 9.47. The molecule has 0 fully saturated rings. The average Bonchev–Trinajstić information content (AvgIpc) is 2.39. The van der Waals surface area contributed by atoms with E-state index in [1.54, 1.807) is 31.1 Å². The van der Waals surface area contributed by atoms with Gasteiger partial charge in [0.15, 0.2) is 11.5 Å². The Kier molecular flexibility index (Phi) is 6.31. The monoisotopic (exact) mass is 280 g/mol. The standard InChI is InChI=1S/C15H24N2O3/c1-5-8-17(11-15(19)16(2)3)10-12-6-7-14(20-4)13(18)9-12/h6-7,9,18H,5,8,10-11H2,1-4H3. The van der Waals surface area contributed by atoms with Crippen LogP contribution in [0.3, 0.4) is 0 Å². The lowest BCUT2D eigenvalue weighted by Crippen LogP contribution is -2.36. The molecule has 1 aromatic carbocycles. The van der Waals surface area contributed by atoms with E-state index in [2.05, 4.69) is 11.8 Å². The summed E-state index contributed by atoms with van der Waals surface area (Å²) in [6.07, 6.45) is 0.975. The van der Waals surface area contributed by atoms with Crippen molar-refractivity contribution in [2.45, 2.75) is 19.9 Å². The van der Waals surface area contributed by atoms with Gasteiger partial charge in [0.25, 0.3) is 0 Å². The number of hydrogen-bond donors (Lipinski definition) is 1. The van der Waals surface area contributed by atoms with E-state index in [4.69, 9.17) is 4.74 Å². The molecule has 5 heteroatoms. The third-order valence-corrected chi connectivity index (χ3v) is 3.05. The number of aromatic hydroxyl groups is 1. The molecule has 112 valence electrons. The van der Waals surface area contributed by atoms with Gasteiger partial charge in [-0.3, -0.25) is 9.69 Å². The molecule has 1 aromatic rings. The molecule has 0 aliphatic rings. The molecule has 0 aromatic heterocycles. The first kappa shape index (κ1) is 16.3. The van der Waals surface area contributed by atoms with Crippen LogP contribution in [-0.2, 0) is 11.3 Å². The van der Waals surface area contributed by atoms with Crippen LogP contribution in [0.4, 0.5) is 0 Å². The second kappa shape index (κ2) is 7.75. The molecule has 0 bridgehead atoms. The summed E-state index contributed by atoms with van der Waals surface area (Å²) in [6.45, 7) is 3.93. The third-order valence-electron chi connectivity index (χ3n) is 3.05. The van der Waals surface area contributed by atoms with Crippen molar-refractivity contribution in [3.8, 4) is 11.5 Å². The van der Waals surface area contributed by atoms with E-state index in [1.165, 1.54) is 7.11 Å².